The van der Waals surface area contributed by atoms with Crippen LogP contribution < -0.4 is 10.1 Å². The minimum atomic E-state index is -0.314. The third kappa shape index (κ3) is 5.88. The number of ether oxygens (including phenoxy) is 1. The van der Waals surface area contributed by atoms with Gasteiger partial charge in [0.2, 0.25) is 5.91 Å². The van der Waals surface area contributed by atoms with Crippen molar-refractivity contribution in [3.63, 3.8) is 0 Å². The Bertz CT molecular complexity index is 1080. The predicted octanol–water partition coefficient (Wildman–Crippen LogP) is 5.56. The SMILES string of the molecule is C=CCN1CC[C@@]2(c3cccc(OC(C)=O)c3)C[C@@H](NC(=O)C=Cc3cc(Br)cs3)CC[C@@H]2C1. The zero-order valence-corrected chi connectivity index (χ0v) is 21.9. The number of carbonyl (C=O) groups excluding carboxylic acids is 2. The van der Waals surface area contributed by atoms with Crippen LogP contribution in [-0.4, -0.2) is 42.5 Å². The van der Waals surface area contributed by atoms with Gasteiger partial charge < -0.3 is 10.1 Å². The second-order valence-electron chi connectivity index (χ2n) is 9.26. The summed E-state index contributed by atoms with van der Waals surface area (Å²) in [4.78, 5) is 27.8. The number of benzene rings is 1. The van der Waals surface area contributed by atoms with Crippen molar-refractivity contribution in [3.8, 4) is 5.75 Å². The molecule has 4 rings (SSSR count). The summed E-state index contributed by atoms with van der Waals surface area (Å²) in [6.45, 7) is 8.22. The summed E-state index contributed by atoms with van der Waals surface area (Å²) in [5.41, 5.74) is 1.14. The fourth-order valence-corrected chi connectivity index (χ4v) is 6.88. The van der Waals surface area contributed by atoms with Gasteiger partial charge in [0.05, 0.1) is 0 Å². The third-order valence-electron chi connectivity index (χ3n) is 7.00. The molecule has 1 N–H and O–H groups in total. The first-order chi connectivity index (χ1) is 16.4. The minimum absolute atomic E-state index is 0.0547. The number of rotatable bonds is 7. The molecule has 1 aromatic heterocycles. The number of nitrogens with one attached hydrogen (secondary N) is 1. The largest absolute Gasteiger partial charge is 0.427 e. The highest BCUT2D eigenvalue weighted by atomic mass is 79.9. The van der Waals surface area contributed by atoms with Crippen LogP contribution in [0.3, 0.4) is 0 Å². The molecule has 34 heavy (non-hydrogen) atoms. The molecule has 1 aliphatic heterocycles. The zero-order chi connectivity index (χ0) is 24.1. The van der Waals surface area contributed by atoms with Gasteiger partial charge in [0.15, 0.2) is 0 Å². The maximum Gasteiger partial charge on any atom is 0.308 e. The third-order valence-corrected chi connectivity index (χ3v) is 8.66. The normalized spacial score (nSPS) is 25.0. The highest BCUT2D eigenvalue weighted by molar-refractivity contribution is 9.10. The Kier molecular flexibility index (Phi) is 8.06. The molecule has 5 nitrogen and oxygen atoms in total. The smallest absolute Gasteiger partial charge is 0.308 e. The van der Waals surface area contributed by atoms with Crippen LogP contribution in [0.2, 0.25) is 0 Å². The van der Waals surface area contributed by atoms with Crippen molar-refractivity contribution in [3.05, 3.63) is 69.4 Å². The van der Waals surface area contributed by atoms with E-state index in [0.29, 0.717) is 11.7 Å². The Morgan fingerprint density at radius 2 is 2.21 bits per heavy atom. The van der Waals surface area contributed by atoms with E-state index < -0.39 is 0 Å². The average Bonchev–Trinajstić information content (AvgIpc) is 3.23. The van der Waals surface area contributed by atoms with E-state index in [1.54, 1.807) is 17.4 Å². The molecular weight excluding hydrogens is 512 g/mol. The molecule has 0 bridgehead atoms. The molecule has 1 amide bonds. The van der Waals surface area contributed by atoms with Crippen LogP contribution in [-0.2, 0) is 15.0 Å². The predicted molar refractivity (Wildman–Crippen MR) is 141 cm³/mol. The summed E-state index contributed by atoms with van der Waals surface area (Å²) in [5, 5.41) is 5.26. The lowest BCUT2D eigenvalue weighted by Crippen LogP contribution is -2.56. The summed E-state index contributed by atoms with van der Waals surface area (Å²) in [6.07, 6.45) is 9.35. The zero-order valence-electron chi connectivity index (χ0n) is 19.5. The Hall–Kier alpha value is -2.22. The van der Waals surface area contributed by atoms with Crippen molar-refractivity contribution >= 4 is 45.2 Å². The van der Waals surface area contributed by atoms with Gasteiger partial charge in [-0.1, -0.05) is 18.2 Å². The van der Waals surface area contributed by atoms with E-state index in [9.17, 15) is 9.59 Å². The molecule has 0 unspecified atom stereocenters. The summed E-state index contributed by atoms with van der Waals surface area (Å²) >= 11 is 5.05. The second kappa shape index (κ2) is 11.0. The lowest BCUT2D eigenvalue weighted by atomic mass is 9.58. The molecule has 1 aromatic carbocycles. The van der Waals surface area contributed by atoms with Crippen LogP contribution >= 0.6 is 27.3 Å². The van der Waals surface area contributed by atoms with Crippen molar-refractivity contribution in [2.45, 2.75) is 44.1 Å². The molecule has 1 saturated heterocycles. The van der Waals surface area contributed by atoms with E-state index in [-0.39, 0.29) is 23.3 Å². The number of likely N-dealkylation sites (tertiary alicyclic amines) is 1. The molecule has 1 saturated carbocycles. The van der Waals surface area contributed by atoms with E-state index >= 15 is 0 Å². The van der Waals surface area contributed by atoms with Gasteiger partial charge in [-0.3, -0.25) is 14.5 Å². The van der Waals surface area contributed by atoms with Crippen molar-refractivity contribution in [1.82, 2.24) is 10.2 Å². The monoisotopic (exact) mass is 542 g/mol. The van der Waals surface area contributed by atoms with Gasteiger partial charge in [-0.15, -0.1) is 17.9 Å². The first kappa shape index (κ1) is 24.9. The van der Waals surface area contributed by atoms with Crippen molar-refractivity contribution < 1.29 is 14.3 Å². The van der Waals surface area contributed by atoms with Crippen LogP contribution in [0.25, 0.3) is 6.08 Å². The van der Waals surface area contributed by atoms with Crippen LogP contribution in [0, 0.1) is 5.92 Å². The van der Waals surface area contributed by atoms with Crippen LogP contribution in [0.1, 0.15) is 43.0 Å². The van der Waals surface area contributed by atoms with Gasteiger partial charge in [0.25, 0.3) is 0 Å². The van der Waals surface area contributed by atoms with E-state index in [0.717, 1.165) is 54.7 Å². The highest BCUT2D eigenvalue weighted by Gasteiger charge is 2.48. The molecular formula is C27H31BrN2O3S. The molecule has 1 aliphatic carbocycles. The van der Waals surface area contributed by atoms with Gasteiger partial charge in [-0.05, 0) is 83.9 Å². The maximum absolute atomic E-state index is 12.7. The van der Waals surface area contributed by atoms with Crippen molar-refractivity contribution in [2.75, 3.05) is 19.6 Å². The van der Waals surface area contributed by atoms with Crippen molar-refractivity contribution in [2.24, 2.45) is 5.92 Å². The first-order valence-corrected chi connectivity index (χ1v) is 13.4. The topological polar surface area (TPSA) is 58.6 Å². The molecule has 3 atom stereocenters. The number of thiophene rings is 1. The van der Waals surface area contributed by atoms with Crippen LogP contribution in [0.5, 0.6) is 5.75 Å². The summed E-state index contributed by atoms with van der Waals surface area (Å²) < 4.78 is 6.43. The summed E-state index contributed by atoms with van der Waals surface area (Å²) in [7, 11) is 0. The molecule has 0 radical (unpaired) electrons. The quantitative estimate of drug-likeness (QED) is 0.215. The molecule has 2 aromatic rings. The average molecular weight is 544 g/mol. The number of hydrogen-bond acceptors (Lipinski definition) is 5. The fourth-order valence-electron chi connectivity index (χ4n) is 5.55. The fraction of sp³-hybridized carbons (Fsp3) is 0.407. The second-order valence-corrected chi connectivity index (χ2v) is 11.1. The molecule has 2 aliphatic rings. The van der Waals surface area contributed by atoms with Crippen LogP contribution in [0.15, 0.2) is 58.9 Å². The Balaban J connectivity index is 1.54. The van der Waals surface area contributed by atoms with E-state index in [2.05, 4.69) is 38.8 Å². The molecule has 180 valence electrons. The number of hydrogen-bond donors (Lipinski definition) is 1. The van der Waals surface area contributed by atoms with Gasteiger partial charge >= 0.3 is 5.97 Å². The number of fused-ring (bicyclic) bond motifs is 1. The number of carbonyl (C=O) groups is 2. The highest BCUT2D eigenvalue weighted by Crippen LogP contribution is 2.49. The maximum atomic E-state index is 12.7. The van der Waals surface area contributed by atoms with E-state index in [4.69, 9.17) is 4.74 Å². The number of halogens is 1. The van der Waals surface area contributed by atoms with E-state index in [1.807, 2.05) is 41.8 Å². The Labute approximate surface area is 214 Å². The number of amides is 1. The minimum Gasteiger partial charge on any atom is -0.427 e. The number of piperidine rings is 1. The molecule has 0 spiro atoms. The summed E-state index contributed by atoms with van der Waals surface area (Å²) in [6, 6.07) is 10.1. The Morgan fingerprint density at radius 1 is 1.35 bits per heavy atom. The lowest BCUT2D eigenvalue weighted by Gasteiger charge is -2.53. The van der Waals surface area contributed by atoms with Gasteiger partial charge in [0.1, 0.15) is 5.75 Å². The molecule has 2 fully saturated rings. The number of nitrogens with zero attached hydrogens (tertiary/aromatic N) is 1. The van der Waals surface area contributed by atoms with Crippen LogP contribution in [0.4, 0.5) is 0 Å². The van der Waals surface area contributed by atoms with E-state index in [1.165, 1.54) is 12.5 Å². The summed E-state index contributed by atoms with van der Waals surface area (Å²) in [5.74, 6) is 0.690. The molecule has 2 heterocycles. The van der Waals surface area contributed by atoms with Crippen molar-refractivity contribution in [1.29, 1.82) is 0 Å². The number of esters is 1. The lowest BCUT2D eigenvalue weighted by molar-refractivity contribution is -0.131. The first-order valence-electron chi connectivity index (χ1n) is 11.7. The van der Waals surface area contributed by atoms with Gasteiger partial charge in [0, 0.05) is 52.3 Å². The van der Waals surface area contributed by atoms with Gasteiger partial charge in [-0.2, -0.15) is 0 Å². The van der Waals surface area contributed by atoms with Gasteiger partial charge in [-0.25, -0.2) is 0 Å². The Morgan fingerprint density at radius 3 is 2.94 bits per heavy atom. The standard InChI is InChI=1S/C27H31BrN2O3S/c1-3-12-30-13-11-27(20-5-4-6-24(14-20)33-19(2)31)16-23(8-7-21(27)17-30)29-26(32)10-9-25-15-22(28)18-34-25/h3-6,9-10,14-15,18,21,23H,1,7-8,11-13,16-17H2,2H3,(H,29,32)/t21-,23+,27+/m1/s1. The molecule has 7 heteroatoms.